The van der Waals surface area contributed by atoms with Gasteiger partial charge in [-0.3, -0.25) is 0 Å². The highest BCUT2D eigenvalue weighted by molar-refractivity contribution is 9.10. The largest absolute Gasteiger partial charge is 0.306 e. The Morgan fingerprint density at radius 3 is 2.65 bits per heavy atom. The molecule has 1 aromatic carbocycles. The molecule has 0 fully saturated rings. The fourth-order valence-electron chi connectivity index (χ4n) is 1.90. The standard InChI is InChI=1S/C14H13BrCl2FNS/c1-2-7-19-14(10-5-6-11(16)20-10)8-3-4-9(15)12(17)13(8)18/h3-6,14,19H,2,7H2,1H3. The highest BCUT2D eigenvalue weighted by atomic mass is 79.9. The van der Waals surface area contributed by atoms with Gasteiger partial charge in [0, 0.05) is 14.9 Å². The molecule has 0 saturated carbocycles. The van der Waals surface area contributed by atoms with Crippen molar-refractivity contribution in [1.82, 2.24) is 5.32 Å². The van der Waals surface area contributed by atoms with Crippen LogP contribution < -0.4 is 5.32 Å². The minimum absolute atomic E-state index is 0.105. The van der Waals surface area contributed by atoms with E-state index in [-0.39, 0.29) is 11.1 Å². The second-order valence-electron chi connectivity index (χ2n) is 4.29. The molecule has 2 aromatic rings. The van der Waals surface area contributed by atoms with E-state index in [1.807, 2.05) is 12.1 Å². The van der Waals surface area contributed by atoms with Gasteiger partial charge in [0.05, 0.1) is 15.4 Å². The number of hydrogen-bond acceptors (Lipinski definition) is 2. The Balaban J connectivity index is 2.43. The van der Waals surface area contributed by atoms with Gasteiger partial charge in [0.2, 0.25) is 0 Å². The average molecular weight is 397 g/mol. The first-order chi connectivity index (χ1) is 9.54. The van der Waals surface area contributed by atoms with E-state index in [1.165, 1.54) is 11.3 Å². The van der Waals surface area contributed by atoms with Crippen molar-refractivity contribution in [3.8, 4) is 0 Å². The topological polar surface area (TPSA) is 12.0 Å². The van der Waals surface area contributed by atoms with E-state index in [9.17, 15) is 4.39 Å². The summed E-state index contributed by atoms with van der Waals surface area (Å²) < 4.78 is 15.6. The van der Waals surface area contributed by atoms with Crippen molar-refractivity contribution >= 4 is 50.5 Å². The zero-order valence-electron chi connectivity index (χ0n) is 10.7. The van der Waals surface area contributed by atoms with E-state index in [1.54, 1.807) is 12.1 Å². The summed E-state index contributed by atoms with van der Waals surface area (Å²) in [5.74, 6) is -0.404. The molecule has 0 spiro atoms. The van der Waals surface area contributed by atoms with Crippen molar-refractivity contribution in [2.24, 2.45) is 0 Å². The lowest BCUT2D eigenvalue weighted by atomic mass is 10.0. The number of rotatable bonds is 5. The van der Waals surface area contributed by atoms with Gasteiger partial charge in [0.15, 0.2) is 0 Å². The Bertz CT molecular complexity index is 603. The van der Waals surface area contributed by atoms with Gasteiger partial charge in [-0.15, -0.1) is 11.3 Å². The van der Waals surface area contributed by atoms with E-state index < -0.39 is 5.82 Å². The van der Waals surface area contributed by atoms with Crippen molar-refractivity contribution in [2.75, 3.05) is 6.54 Å². The van der Waals surface area contributed by atoms with E-state index in [4.69, 9.17) is 23.2 Å². The van der Waals surface area contributed by atoms with Crippen LogP contribution in [0.25, 0.3) is 0 Å². The zero-order chi connectivity index (χ0) is 14.7. The lowest BCUT2D eigenvalue weighted by Crippen LogP contribution is -2.23. The molecule has 0 bridgehead atoms. The van der Waals surface area contributed by atoms with Crippen LogP contribution in [0.3, 0.4) is 0 Å². The lowest BCUT2D eigenvalue weighted by Gasteiger charge is -2.19. The van der Waals surface area contributed by atoms with E-state index in [0.29, 0.717) is 14.4 Å². The molecule has 0 saturated heterocycles. The molecule has 1 atom stereocenters. The Hall–Kier alpha value is -0.130. The Labute approximate surface area is 140 Å². The molecule has 0 amide bonds. The van der Waals surface area contributed by atoms with Crippen molar-refractivity contribution in [3.63, 3.8) is 0 Å². The first-order valence-electron chi connectivity index (χ1n) is 6.16. The maximum absolute atomic E-state index is 14.4. The van der Waals surface area contributed by atoms with Gasteiger partial charge in [-0.2, -0.15) is 0 Å². The summed E-state index contributed by atoms with van der Waals surface area (Å²) in [6.07, 6.45) is 0.960. The SMILES string of the molecule is CCCNC(c1ccc(Cl)s1)c1ccc(Br)c(Cl)c1F. The lowest BCUT2D eigenvalue weighted by molar-refractivity contribution is 0.551. The molecule has 0 aliphatic carbocycles. The molecule has 108 valence electrons. The first-order valence-corrected chi connectivity index (χ1v) is 8.53. The van der Waals surface area contributed by atoms with Crippen molar-refractivity contribution in [1.29, 1.82) is 0 Å². The molecule has 6 heteroatoms. The number of benzene rings is 1. The van der Waals surface area contributed by atoms with E-state index in [0.717, 1.165) is 17.8 Å². The third-order valence-electron chi connectivity index (χ3n) is 2.85. The molecule has 1 nitrogen and oxygen atoms in total. The minimum atomic E-state index is -0.404. The molecule has 1 aromatic heterocycles. The summed E-state index contributed by atoms with van der Waals surface area (Å²) in [6.45, 7) is 2.85. The molecule has 20 heavy (non-hydrogen) atoms. The number of nitrogens with one attached hydrogen (secondary N) is 1. The molecule has 1 unspecified atom stereocenters. The van der Waals surface area contributed by atoms with Crippen LogP contribution in [0, 0.1) is 5.82 Å². The highest BCUT2D eigenvalue weighted by Crippen LogP contribution is 2.36. The molecule has 2 rings (SSSR count). The fourth-order valence-corrected chi connectivity index (χ4v) is 3.53. The average Bonchev–Trinajstić information content (AvgIpc) is 2.85. The van der Waals surface area contributed by atoms with Crippen LogP contribution in [0.15, 0.2) is 28.7 Å². The van der Waals surface area contributed by atoms with Gasteiger partial charge in [0.25, 0.3) is 0 Å². The van der Waals surface area contributed by atoms with E-state index >= 15 is 0 Å². The van der Waals surface area contributed by atoms with Crippen LogP contribution in [0.4, 0.5) is 4.39 Å². The highest BCUT2D eigenvalue weighted by Gasteiger charge is 2.21. The molecular formula is C14H13BrCl2FNS. The minimum Gasteiger partial charge on any atom is -0.306 e. The van der Waals surface area contributed by atoms with Crippen molar-refractivity contribution in [2.45, 2.75) is 19.4 Å². The maximum atomic E-state index is 14.4. The van der Waals surface area contributed by atoms with Crippen molar-refractivity contribution < 1.29 is 4.39 Å². The van der Waals surface area contributed by atoms with Crippen LogP contribution in [-0.4, -0.2) is 6.54 Å². The van der Waals surface area contributed by atoms with Crippen LogP contribution in [0.1, 0.15) is 29.8 Å². The van der Waals surface area contributed by atoms with Crippen LogP contribution in [0.2, 0.25) is 9.36 Å². The van der Waals surface area contributed by atoms with Gasteiger partial charge in [-0.25, -0.2) is 4.39 Å². The fraction of sp³-hybridized carbons (Fsp3) is 0.286. The monoisotopic (exact) mass is 395 g/mol. The second-order valence-corrected chi connectivity index (χ2v) is 7.27. The predicted octanol–water partition coefficient (Wildman–Crippen LogP) is 6.05. The van der Waals surface area contributed by atoms with Crippen LogP contribution >= 0.6 is 50.5 Å². The summed E-state index contributed by atoms with van der Waals surface area (Å²) in [6, 6.07) is 7.00. The Morgan fingerprint density at radius 1 is 1.30 bits per heavy atom. The van der Waals surface area contributed by atoms with Crippen molar-refractivity contribution in [3.05, 3.63) is 54.4 Å². The van der Waals surface area contributed by atoms with Gasteiger partial charge in [-0.1, -0.05) is 36.2 Å². The summed E-state index contributed by atoms with van der Waals surface area (Å²) in [5.41, 5.74) is 0.533. The van der Waals surface area contributed by atoms with Crippen LogP contribution in [-0.2, 0) is 0 Å². The number of thiophene rings is 1. The van der Waals surface area contributed by atoms with Gasteiger partial charge in [0.1, 0.15) is 5.82 Å². The maximum Gasteiger partial charge on any atom is 0.148 e. The summed E-state index contributed by atoms with van der Waals surface area (Å²) in [5, 5.41) is 3.45. The molecule has 1 heterocycles. The number of halogens is 4. The molecular weight excluding hydrogens is 384 g/mol. The Morgan fingerprint density at radius 2 is 2.05 bits per heavy atom. The van der Waals surface area contributed by atoms with Gasteiger partial charge in [-0.05, 0) is 47.1 Å². The molecule has 1 N–H and O–H groups in total. The normalized spacial score (nSPS) is 12.7. The number of hydrogen-bond donors (Lipinski definition) is 1. The third kappa shape index (κ3) is 3.55. The van der Waals surface area contributed by atoms with E-state index in [2.05, 4.69) is 28.2 Å². The second kappa shape index (κ2) is 7.23. The quantitative estimate of drug-likeness (QED) is 0.607. The molecule has 0 aliphatic rings. The molecule has 0 radical (unpaired) electrons. The zero-order valence-corrected chi connectivity index (χ0v) is 14.6. The van der Waals surface area contributed by atoms with Gasteiger partial charge < -0.3 is 5.32 Å². The predicted molar refractivity (Wildman–Crippen MR) is 88.6 cm³/mol. The van der Waals surface area contributed by atoms with Crippen LogP contribution in [0.5, 0.6) is 0 Å². The summed E-state index contributed by atoms with van der Waals surface area (Å²) in [4.78, 5) is 0.973. The first kappa shape index (κ1) is 16.2. The molecule has 0 aliphatic heterocycles. The summed E-state index contributed by atoms with van der Waals surface area (Å²) >= 11 is 16.6. The smallest absolute Gasteiger partial charge is 0.148 e. The van der Waals surface area contributed by atoms with Gasteiger partial charge >= 0.3 is 0 Å². The summed E-state index contributed by atoms with van der Waals surface area (Å²) in [7, 11) is 0. The third-order valence-corrected chi connectivity index (χ3v) is 5.41. The Kier molecular flexibility index (Phi) is 5.87.